The van der Waals surface area contributed by atoms with Crippen LogP contribution in [0.2, 0.25) is 5.02 Å². The molecule has 2 amide bonds. The lowest BCUT2D eigenvalue weighted by atomic mass is 10.2. The summed E-state index contributed by atoms with van der Waals surface area (Å²) in [5.41, 5.74) is 3.74. The molecular weight excluding hydrogens is 354 g/mol. The summed E-state index contributed by atoms with van der Waals surface area (Å²) in [6, 6.07) is 12.1. The number of benzene rings is 2. The van der Waals surface area contributed by atoms with Gasteiger partial charge in [0.05, 0.1) is 24.5 Å². The lowest BCUT2D eigenvalue weighted by Crippen LogP contribution is -2.24. The van der Waals surface area contributed by atoms with Crippen LogP contribution in [0, 0.1) is 0 Å². The van der Waals surface area contributed by atoms with Gasteiger partial charge in [0.15, 0.2) is 11.5 Å². The maximum absolute atomic E-state index is 11.8. The van der Waals surface area contributed by atoms with Gasteiger partial charge in [-0.1, -0.05) is 36.7 Å². The smallest absolute Gasteiger partial charge is 0.339 e. The topological polar surface area (TPSA) is 72.0 Å². The van der Waals surface area contributed by atoms with Gasteiger partial charge in [-0.15, -0.1) is 0 Å². The fraction of sp³-hybridized carbons (Fsp3) is 0.263. The predicted molar refractivity (Wildman–Crippen MR) is 105 cm³/mol. The standard InChI is InChI=1S/C19H22ClN3O3/c1-4-13(2)26-18-16(20)10-14(11-17(18)25-3)12-21-23-19(24)22-15-8-6-5-7-9-15/h5-13H,4H2,1-3H3,(H2,22,23,24)/b21-12+/t13-/m1/s1. The molecule has 0 heterocycles. The van der Waals surface area contributed by atoms with Gasteiger partial charge in [-0.05, 0) is 43.2 Å². The van der Waals surface area contributed by atoms with Crippen molar-refractivity contribution in [1.82, 2.24) is 5.43 Å². The third-order valence-corrected chi connectivity index (χ3v) is 3.84. The number of urea groups is 1. The molecule has 0 aliphatic carbocycles. The Morgan fingerprint density at radius 3 is 2.69 bits per heavy atom. The van der Waals surface area contributed by atoms with Crippen LogP contribution in [0.25, 0.3) is 0 Å². The Kier molecular flexibility index (Phi) is 7.29. The number of halogens is 1. The summed E-state index contributed by atoms with van der Waals surface area (Å²) in [7, 11) is 1.54. The first kappa shape index (κ1) is 19.6. The zero-order valence-corrected chi connectivity index (χ0v) is 15.7. The Bertz CT molecular complexity index is 766. The molecule has 0 bridgehead atoms. The van der Waals surface area contributed by atoms with E-state index < -0.39 is 6.03 Å². The Labute approximate surface area is 158 Å². The third-order valence-electron chi connectivity index (χ3n) is 3.56. The van der Waals surface area contributed by atoms with Gasteiger partial charge >= 0.3 is 6.03 Å². The number of hydrogen-bond donors (Lipinski definition) is 2. The maximum atomic E-state index is 11.8. The van der Waals surface area contributed by atoms with E-state index in [1.165, 1.54) is 6.21 Å². The molecule has 2 aromatic rings. The van der Waals surface area contributed by atoms with Gasteiger partial charge in [-0.2, -0.15) is 5.10 Å². The minimum Gasteiger partial charge on any atom is -0.493 e. The first-order chi connectivity index (χ1) is 12.5. The van der Waals surface area contributed by atoms with Gasteiger partial charge in [0.1, 0.15) is 0 Å². The molecule has 7 heteroatoms. The first-order valence-corrected chi connectivity index (χ1v) is 8.60. The van der Waals surface area contributed by atoms with Crippen LogP contribution in [-0.2, 0) is 0 Å². The number of carbonyl (C=O) groups is 1. The second kappa shape index (κ2) is 9.68. The minimum absolute atomic E-state index is 0.0178. The molecule has 0 aliphatic rings. The highest BCUT2D eigenvalue weighted by Crippen LogP contribution is 2.37. The Hall–Kier alpha value is -2.73. The van der Waals surface area contributed by atoms with E-state index in [2.05, 4.69) is 15.8 Å². The molecule has 26 heavy (non-hydrogen) atoms. The number of nitrogens with zero attached hydrogens (tertiary/aromatic N) is 1. The summed E-state index contributed by atoms with van der Waals surface area (Å²) in [6.45, 7) is 3.98. The number of methoxy groups -OCH3 is 1. The molecule has 0 spiro atoms. The molecule has 0 radical (unpaired) electrons. The van der Waals surface area contributed by atoms with E-state index >= 15 is 0 Å². The number of nitrogens with one attached hydrogen (secondary N) is 2. The van der Waals surface area contributed by atoms with Crippen molar-refractivity contribution in [3.63, 3.8) is 0 Å². The highest BCUT2D eigenvalue weighted by Gasteiger charge is 2.14. The normalized spacial score (nSPS) is 11.8. The summed E-state index contributed by atoms with van der Waals surface area (Å²) in [4.78, 5) is 11.8. The largest absolute Gasteiger partial charge is 0.493 e. The highest BCUT2D eigenvalue weighted by atomic mass is 35.5. The van der Waals surface area contributed by atoms with Gasteiger partial charge in [0, 0.05) is 5.69 Å². The van der Waals surface area contributed by atoms with Crippen molar-refractivity contribution in [2.75, 3.05) is 12.4 Å². The van der Waals surface area contributed by atoms with Crippen molar-refractivity contribution >= 4 is 29.5 Å². The minimum atomic E-state index is -0.442. The number of anilines is 1. The quantitative estimate of drug-likeness (QED) is 0.545. The molecule has 0 unspecified atom stereocenters. The summed E-state index contributed by atoms with van der Waals surface area (Å²) >= 11 is 6.30. The molecular formula is C19H22ClN3O3. The van der Waals surface area contributed by atoms with Crippen molar-refractivity contribution in [3.8, 4) is 11.5 Å². The van der Waals surface area contributed by atoms with E-state index in [4.69, 9.17) is 21.1 Å². The van der Waals surface area contributed by atoms with Crippen molar-refractivity contribution in [2.45, 2.75) is 26.4 Å². The van der Waals surface area contributed by atoms with E-state index in [0.717, 1.165) is 6.42 Å². The molecule has 6 nitrogen and oxygen atoms in total. The van der Waals surface area contributed by atoms with E-state index in [0.29, 0.717) is 27.8 Å². The van der Waals surface area contributed by atoms with E-state index in [1.54, 1.807) is 31.4 Å². The van der Waals surface area contributed by atoms with Gasteiger partial charge < -0.3 is 14.8 Å². The zero-order valence-electron chi connectivity index (χ0n) is 15.0. The van der Waals surface area contributed by atoms with Crippen molar-refractivity contribution < 1.29 is 14.3 Å². The van der Waals surface area contributed by atoms with E-state index in [-0.39, 0.29) is 6.10 Å². The molecule has 1 atom stereocenters. The van der Waals surface area contributed by atoms with Gasteiger partial charge in [0.2, 0.25) is 0 Å². The molecule has 0 fully saturated rings. The van der Waals surface area contributed by atoms with Crippen molar-refractivity contribution in [2.24, 2.45) is 5.10 Å². The fourth-order valence-electron chi connectivity index (χ4n) is 2.06. The zero-order chi connectivity index (χ0) is 18.9. The van der Waals surface area contributed by atoms with Crippen molar-refractivity contribution in [3.05, 3.63) is 53.1 Å². The van der Waals surface area contributed by atoms with Crippen LogP contribution in [0.15, 0.2) is 47.6 Å². The average molecular weight is 376 g/mol. The molecule has 2 rings (SSSR count). The maximum Gasteiger partial charge on any atom is 0.339 e. The average Bonchev–Trinajstić information content (AvgIpc) is 2.64. The molecule has 2 aromatic carbocycles. The number of hydrazone groups is 1. The second-order valence-electron chi connectivity index (χ2n) is 5.56. The molecule has 0 saturated carbocycles. The summed E-state index contributed by atoms with van der Waals surface area (Å²) < 4.78 is 11.1. The lowest BCUT2D eigenvalue weighted by molar-refractivity contribution is 0.208. The van der Waals surface area contributed by atoms with E-state index in [1.807, 2.05) is 32.0 Å². The Balaban J connectivity index is 2.03. The third kappa shape index (κ3) is 5.67. The number of ether oxygens (including phenoxy) is 2. The number of amides is 2. The summed E-state index contributed by atoms with van der Waals surface area (Å²) in [5, 5.41) is 7.00. The van der Waals surface area contributed by atoms with Crippen molar-refractivity contribution in [1.29, 1.82) is 0 Å². The number of para-hydroxylation sites is 1. The Morgan fingerprint density at radius 1 is 1.31 bits per heavy atom. The molecule has 0 aromatic heterocycles. The molecule has 138 valence electrons. The molecule has 2 N–H and O–H groups in total. The van der Waals surface area contributed by atoms with Gasteiger partial charge in [-0.25, -0.2) is 10.2 Å². The van der Waals surface area contributed by atoms with Crippen LogP contribution in [0.4, 0.5) is 10.5 Å². The predicted octanol–water partition coefficient (Wildman–Crippen LogP) is 4.68. The summed E-state index contributed by atoms with van der Waals surface area (Å²) in [6.07, 6.45) is 2.35. The number of hydrogen-bond acceptors (Lipinski definition) is 4. The SMILES string of the molecule is CC[C@@H](C)Oc1c(Cl)cc(/C=N/NC(=O)Nc2ccccc2)cc1OC. The van der Waals surface area contributed by atoms with Crippen LogP contribution >= 0.6 is 11.6 Å². The van der Waals surface area contributed by atoms with Crippen LogP contribution in [0.1, 0.15) is 25.8 Å². The second-order valence-corrected chi connectivity index (χ2v) is 5.97. The highest BCUT2D eigenvalue weighted by molar-refractivity contribution is 6.32. The van der Waals surface area contributed by atoms with Gasteiger partial charge in [0.25, 0.3) is 0 Å². The lowest BCUT2D eigenvalue weighted by Gasteiger charge is -2.17. The Morgan fingerprint density at radius 2 is 2.04 bits per heavy atom. The summed E-state index contributed by atoms with van der Waals surface area (Å²) in [5.74, 6) is 1.00. The van der Waals surface area contributed by atoms with Crippen LogP contribution in [0.5, 0.6) is 11.5 Å². The van der Waals surface area contributed by atoms with E-state index in [9.17, 15) is 4.79 Å². The molecule has 0 saturated heterocycles. The fourth-order valence-corrected chi connectivity index (χ4v) is 2.32. The monoisotopic (exact) mass is 375 g/mol. The first-order valence-electron chi connectivity index (χ1n) is 8.22. The molecule has 0 aliphatic heterocycles. The van der Waals surface area contributed by atoms with Crippen LogP contribution in [-0.4, -0.2) is 25.5 Å². The number of rotatable bonds is 7. The van der Waals surface area contributed by atoms with Crippen LogP contribution in [0.3, 0.4) is 0 Å². The van der Waals surface area contributed by atoms with Gasteiger partial charge in [-0.3, -0.25) is 0 Å². The van der Waals surface area contributed by atoms with Crippen LogP contribution < -0.4 is 20.2 Å². The number of carbonyl (C=O) groups excluding carboxylic acids is 1.